The van der Waals surface area contributed by atoms with Crippen molar-refractivity contribution in [2.75, 3.05) is 6.54 Å². The summed E-state index contributed by atoms with van der Waals surface area (Å²) in [5.74, 6) is 1.04. The molecule has 2 nitrogen and oxygen atoms in total. The second-order valence-electron chi connectivity index (χ2n) is 5.76. The number of Topliss-reactive ketones (excluding diaryl/α,β-unsaturated/α-hetero) is 1. The summed E-state index contributed by atoms with van der Waals surface area (Å²) >= 11 is 0. The van der Waals surface area contributed by atoms with Crippen molar-refractivity contribution in [2.45, 2.75) is 77.7 Å². The molecule has 1 N–H and O–H groups in total. The van der Waals surface area contributed by atoms with Gasteiger partial charge in [-0.15, -0.1) is 0 Å². The maximum atomic E-state index is 12.4. The van der Waals surface area contributed by atoms with Crippen LogP contribution in [0, 0.1) is 5.92 Å². The molecule has 1 heterocycles. The van der Waals surface area contributed by atoms with Crippen LogP contribution in [0.15, 0.2) is 0 Å². The lowest BCUT2D eigenvalue weighted by Gasteiger charge is -2.34. The van der Waals surface area contributed by atoms with Crippen molar-refractivity contribution in [1.29, 1.82) is 0 Å². The van der Waals surface area contributed by atoms with Gasteiger partial charge in [-0.3, -0.25) is 4.79 Å². The first-order chi connectivity index (χ1) is 8.12. The van der Waals surface area contributed by atoms with E-state index in [1.54, 1.807) is 0 Å². The Morgan fingerprint density at radius 1 is 1.35 bits per heavy atom. The molecule has 2 unspecified atom stereocenters. The third kappa shape index (κ3) is 4.42. The minimum Gasteiger partial charge on any atom is -0.305 e. The van der Waals surface area contributed by atoms with E-state index in [0.29, 0.717) is 11.7 Å². The van der Waals surface area contributed by atoms with Gasteiger partial charge in [-0.25, -0.2) is 0 Å². The van der Waals surface area contributed by atoms with Gasteiger partial charge in [0, 0.05) is 6.42 Å². The zero-order valence-electron chi connectivity index (χ0n) is 11.8. The minimum absolute atomic E-state index is 0.224. The molecule has 17 heavy (non-hydrogen) atoms. The van der Waals surface area contributed by atoms with Gasteiger partial charge in [-0.2, -0.15) is 0 Å². The molecule has 0 aliphatic carbocycles. The van der Waals surface area contributed by atoms with Crippen LogP contribution in [-0.4, -0.2) is 17.9 Å². The molecule has 0 saturated carbocycles. The van der Waals surface area contributed by atoms with E-state index in [2.05, 4.69) is 26.1 Å². The van der Waals surface area contributed by atoms with E-state index >= 15 is 0 Å². The Hall–Kier alpha value is -0.370. The van der Waals surface area contributed by atoms with Gasteiger partial charge < -0.3 is 5.32 Å². The second-order valence-corrected chi connectivity index (χ2v) is 5.76. The Morgan fingerprint density at radius 2 is 2.12 bits per heavy atom. The smallest absolute Gasteiger partial charge is 0.152 e. The summed E-state index contributed by atoms with van der Waals surface area (Å²) in [7, 11) is 0. The first-order valence-electron chi connectivity index (χ1n) is 7.40. The fourth-order valence-corrected chi connectivity index (χ4v) is 2.72. The van der Waals surface area contributed by atoms with Crippen LogP contribution < -0.4 is 5.32 Å². The van der Waals surface area contributed by atoms with Crippen LogP contribution in [0.2, 0.25) is 0 Å². The van der Waals surface area contributed by atoms with Crippen LogP contribution in [-0.2, 0) is 4.79 Å². The maximum Gasteiger partial charge on any atom is 0.152 e. The highest BCUT2D eigenvalue weighted by atomic mass is 16.1. The van der Waals surface area contributed by atoms with E-state index in [0.717, 1.165) is 25.8 Å². The Balaban J connectivity index is 2.45. The van der Waals surface area contributed by atoms with Crippen molar-refractivity contribution >= 4 is 5.78 Å². The molecular formula is C15H29NO. The quantitative estimate of drug-likeness (QED) is 0.734. The van der Waals surface area contributed by atoms with Gasteiger partial charge >= 0.3 is 0 Å². The lowest BCUT2D eigenvalue weighted by molar-refractivity contribution is -0.126. The largest absolute Gasteiger partial charge is 0.305 e. The monoisotopic (exact) mass is 239 g/mol. The SMILES string of the molecule is CCCCC(CC)CC(=O)C1(C)CCCCN1. The summed E-state index contributed by atoms with van der Waals surface area (Å²) in [6.45, 7) is 7.54. The fourth-order valence-electron chi connectivity index (χ4n) is 2.72. The van der Waals surface area contributed by atoms with E-state index in [1.165, 1.54) is 32.1 Å². The van der Waals surface area contributed by atoms with Gasteiger partial charge in [0.1, 0.15) is 0 Å². The zero-order chi connectivity index (χ0) is 12.7. The highest BCUT2D eigenvalue weighted by Gasteiger charge is 2.34. The van der Waals surface area contributed by atoms with Crippen molar-refractivity contribution < 1.29 is 4.79 Å². The molecule has 2 atom stereocenters. The van der Waals surface area contributed by atoms with E-state index in [1.807, 2.05) is 0 Å². The molecular weight excluding hydrogens is 210 g/mol. The number of ketones is 1. The highest BCUT2D eigenvalue weighted by molar-refractivity contribution is 5.88. The third-order valence-electron chi connectivity index (χ3n) is 4.25. The highest BCUT2D eigenvalue weighted by Crippen LogP contribution is 2.25. The first kappa shape index (κ1) is 14.7. The molecule has 0 spiro atoms. The number of carbonyl (C=O) groups is 1. The summed E-state index contributed by atoms with van der Waals surface area (Å²) in [5.41, 5.74) is -0.224. The molecule has 0 aromatic heterocycles. The number of rotatable bonds is 7. The topological polar surface area (TPSA) is 29.1 Å². The molecule has 0 bridgehead atoms. The number of nitrogens with one attached hydrogen (secondary N) is 1. The van der Waals surface area contributed by atoms with Crippen molar-refractivity contribution in [3.63, 3.8) is 0 Å². The molecule has 0 radical (unpaired) electrons. The zero-order valence-corrected chi connectivity index (χ0v) is 11.8. The summed E-state index contributed by atoms with van der Waals surface area (Å²) in [6, 6.07) is 0. The molecule has 0 aromatic carbocycles. The van der Waals surface area contributed by atoms with Gasteiger partial charge in [0.05, 0.1) is 5.54 Å². The number of unbranched alkanes of at least 4 members (excludes halogenated alkanes) is 1. The van der Waals surface area contributed by atoms with Gasteiger partial charge in [-0.05, 0) is 38.6 Å². The number of carbonyl (C=O) groups excluding carboxylic acids is 1. The van der Waals surface area contributed by atoms with E-state index in [-0.39, 0.29) is 5.54 Å². The van der Waals surface area contributed by atoms with Crippen LogP contribution in [0.25, 0.3) is 0 Å². The molecule has 1 fully saturated rings. The maximum absolute atomic E-state index is 12.4. The normalized spacial score (nSPS) is 26.8. The lowest BCUT2D eigenvalue weighted by atomic mass is 9.81. The average molecular weight is 239 g/mol. The lowest BCUT2D eigenvalue weighted by Crippen LogP contribution is -2.52. The molecule has 1 aliphatic heterocycles. The Bertz CT molecular complexity index is 231. The number of hydrogen-bond donors (Lipinski definition) is 1. The molecule has 1 saturated heterocycles. The summed E-state index contributed by atoms with van der Waals surface area (Å²) < 4.78 is 0. The number of hydrogen-bond acceptors (Lipinski definition) is 2. The Labute approximate surface area is 107 Å². The predicted octanol–water partition coefficient (Wildman–Crippen LogP) is 3.69. The molecule has 2 heteroatoms. The minimum atomic E-state index is -0.224. The summed E-state index contributed by atoms with van der Waals surface area (Å²) in [4.78, 5) is 12.4. The van der Waals surface area contributed by atoms with Crippen molar-refractivity contribution in [3.05, 3.63) is 0 Å². The first-order valence-corrected chi connectivity index (χ1v) is 7.40. The molecule has 100 valence electrons. The standard InChI is InChI=1S/C15H29NO/c1-4-6-9-13(5-2)12-14(17)15(3)10-7-8-11-16-15/h13,16H,4-12H2,1-3H3. The summed E-state index contributed by atoms with van der Waals surface area (Å²) in [5, 5.41) is 3.43. The average Bonchev–Trinajstić information content (AvgIpc) is 2.35. The fraction of sp³-hybridized carbons (Fsp3) is 0.933. The Kier molecular flexibility index (Phi) is 6.18. The molecule has 0 amide bonds. The van der Waals surface area contributed by atoms with Crippen LogP contribution >= 0.6 is 0 Å². The van der Waals surface area contributed by atoms with Gasteiger partial charge in [-0.1, -0.05) is 39.5 Å². The number of piperidine rings is 1. The predicted molar refractivity (Wildman–Crippen MR) is 73.2 cm³/mol. The summed E-state index contributed by atoms with van der Waals surface area (Å²) in [6.07, 6.45) is 9.07. The van der Waals surface area contributed by atoms with E-state index < -0.39 is 0 Å². The van der Waals surface area contributed by atoms with Crippen LogP contribution in [0.5, 0.6) is 0 Å². The van der Waals surface area contributed by atoms with Gasteiger partial charge in [0.2, 0.25) is 0 Å². The van der Waals surface area contributed by atoms with Gasteiger partial charge in [0.25, 0.3) is 0 Å². The Morgan fingerprint density at radius 3 is 2.65 bits per heavy atom. The van der Waals surface area contributed by atoms with E-state index in [9.17, 15) is 4.79 Å². The third-order valence-corrected chi connectivity index (χ3v) is 4.25. The van der Waals surface area contributed by atoms with Crippen molar-refractivity contribution in [1.82, 2.24) is 5.32 Å². The molecule has 1 aliphatic rings. The van der Waals surface area contributed by atoms with E-state index in [4.69, 9.17) is 0 Å². The van der Waals surface area contributed by atoms with Crippen LogP contribution in [0.4, 0.5) is 0 Å². The van der Waals surface area contributed by atoms with Crippen molar-refractivity contribution in [3.8, 4) is 0 Å². The molecule has 0 aromatic rings. The van der Waals surface area contributed by atoms with Gasteiger partial charge in [0.15, 0.2) is 5.78 Å². The molecule has 1 rings (SSSR count). The van der Waals surface area contributed by atoms with Crippen LogP contribution in [0.3, 0.4) is 0 Å². The second kappa shape index (κ2) is 7.15. The van der Waals surface area contributed by atoms with Crippen LogP contribution in [0.1, 0.15) is 72.1 Å². The van der Waals surface area contributed by atoms with Crippen molar-refractivity contribution in [2.24, 2.45) is 5.92 Å².